The van der Waals surface area contributed by atoms with Gasteiger partial charge in [-0.15, -0.1) is 0 Å². The average Bonchev–Trinajstić information content (AvgIpc) is 3.61. The third-order valence-electron chi connectivity index (χ3n) is 6.54. The van der Waals surface area contributed by atoms with E-state index < -0.39 is 5.41 Å². The highest BCUT2D eigenvalue weighted by Gasteiger charge is 2.53. The van der Waals surface area contributed by atoms with Crippen molar-refractivity contribution in [1.29, 1.82) is 0 Å². The number of hydrogen-bond acceptors (Lipinski definition) is 2. The first kappa shape index (κ1) is 23.6. The molecule has 0 saturated heterocycles. The highest BCUT2D eigenvalue weighted by molar-refractivity contribution is 6.24. The van der Waals surface area contributed by atoms with E-state index in [1.807, 2.05) is 12.1 Å². The van der Waals surface area contributed by atoms with Gasteiger partial charge in [0.15, 0.2) is 0 Å². The number of nitrogens with two attached hydrogens (primary N) is 1. The third-order valence-corrected chi connectivity index (χ3v) is 6.72. The van der Waals surface area contributed by atoms with Crippen molar-refractivity contribution in [2.75, 3.05) is 5.32 Å². The molecule has 1 saturated carbocycles. The van der Waals surface area contributed by atoms with Gasteiger partial charge in [-0.25, -0.2) is 0 Å². The number of aryl methyl sites for hydroxylation is 1. The number of halogens is 1. The predicted molar refractivity (Wildman–Crippen MR) is 131 cm³/mol. The van der Waals surface area contributed by atoms with Crippen LogP contribution in [-0.2, 0) is 11.2 Å². The second-order valence-corrected chi connectivity index (χ2v) is 9.14. The first-order valence-corrected chi connectivity index (χ1v) is 12.2. The minimum Gasteiger partial charge on any atom is -0.385 e. The fraction of sp³-hybridized carbons (Fsp3) is 0.538. The zero-order valence-electron chi connectivity index (χ0n) is 18.5. The zero-order valence-corrected chi connectivity index (χ0v) is 19.3. The zero-order chi connectivity index (χ0) is 21.9. The predicted octanol–water partition coefficient (Wildman–Crippen LogP) is 6.86. The molecule has 0 radical (unpaired) electrons. The van der Waals surface area contributed by atoms with Crippen LogP contribution in [0.25, 0.3) is 0 Å². The molecule has 168 valence electrons. The van der Waals surface area contributed by atoms with Gasteiger partial charge in [-0.1, -0.05) is 68.0 Å². The maximum Gasteiger partial charge on any atom is 0.238 e. The average molecular weight is 442 g/mol. The topological polar surface area (TPSA) is 67.5 Å². The number of unbranched alkanes of at least 4 members (excludes halogenated alkanes) is 6. The van der Waals surface area contributed by atoms with Crippen molar-refractivity contribution in [3.05, 3.63) is 53.6 Å². The number of carbonyl (C=O) groups excluding carboxylic acids is 1. The van der Waals surface area contributed by atoms with Crippen molar-refractivity contribution < 1.29 is 4.79 Å². The SMILES string of the molecule is NC(=NCl)C1(C(=O)Nc2ccc(CCCCCCCCCC3=CC=CCC3)cc2)CC1. The molecule has 4 nitrogen and oxygen atoms in total. The largest absolute Gasteiger partial charge is 0.385 e. The fourth-order valence-corrected chi connectivity index (χ4v) is 4.40. The lowest BCUT2D eigenvalue weighted by molar-refractivity contribution is -0.119. The summed E-state index contributed by atoms with van der Waals surface area (Å²) in [5.41, 5.74) is 8.83. The molecule has 0 unspecified atom stereocenters. The molecule has 0 aliphatic heterocycles. The number of carbonyl (C=O) groups is 1. The molecule has 5 heteroatoms. The molecule has 1 amide bonds. The number of amides is 1. The summed E-state index contributed by atoms with van der Waals surface area (Å²) in [4.78, 5) is 12.5. The summed E-state index contributed by atoms with van der Waals surface area (Å²) in [5.74, 6) is 0.0942. The van der Waals surface area contributed by atoms with E-state index in [0.717, 1.165) is 12.1 Å². The van der Waals surface area contributed by atoms with Crippen LogP contribution in [0.4, 0.5) is 5.69 Å². The van der Waals surface area contributed by atoms with Crippen molar-refractivity contribution in [1.82, 2.24) is 0 Å². The summed E-state index contributed by atoms with van der Waals surface area (Å²) >= 11 is 5.46. The Morgan fingerprint density at radius 2 is 1.65 bits per heavy atom. The standard InChI is InChI=1S/C26H36ClN3O/c27-30-24(28)26(19-20-26)25(31)29-23-17-15-22(16-18-23)14-8-5-3-1-2-4-7-11-21-12-9-6-10-13-21/h6,9,12,15-18H,1-5,7-8,10-11,13-14,19-20H2,(H2,28,30)(H,29,31). The summed E-state index contributed by atoms with van der Waals surface area (Å²) < 4.78 is 3.49. The Kier molecular flexibility index (Phi) is 9.20. The van der Waals surface area contributed by atoms with Crippen LogP contribution in [0.3, 0.4) is 0 Å². The molecule has 0 atom stereocenters. The van der Waals surface area contributed by atoms with Crippen LogP contribution in [0.5, 0.6) is 0 Å². The van der Waals surface area contributed by atoms with Crippen LogP contribution < -0.4 is 11.1 Å². The fourth-order valence-electron chi connectivity index (χ4n) is 4.24. The van der Waals surface area contributed by atoms with Gasteiger partial charge in [-0.3, -0.25) is 4.79 Å². The molecule has 3 N–H and O–H groups in total. The molecule has 1 aromatic rings. The van der Waals surface area contributed by atoms with Gasteiger partial charge < -0.3 is 11.1 Å². The number of allylic oxidation sites excluding steroid dienone is 4. The highest BCUT2D eigenvalue weighted by atomic mass is 35.5. The van der Waals surface area contributed by atoms with Crippen molar-refractivity contribution in [2.45, 2.75) is 83.5 Å². The molecule has 1 aromatic carbocycles. The number of nitrogens with one attached hydrogen (secondary N) is 1. The van der Waals surface area contributed by atoms with Crippen LogP contribution in [0.2, 0.25) is 0 Å². The summed E-state index contributed by atoms with van der Waals surface area (Å²) in [6, 6.07) is 8.14. The third kappa shape index (κ3) is 7.24. The lowest BCUT2D eigenvalue weighted by Crippen LogP contribution is -2.36. The molecule has 1 fully saturated rings. The Bertz CT molecular complexity index is 806. The molecule has 2 aliphatic carbocycles. The van der Waals surface area contributed by atoms with Crippen LogP contribution in [0.1, 0.15) is 82.6 Å². The van der Waals surface area contributed by atoms with E-state index in [0.29, 0.717) is 12.8 Å². The van der Waals surface area contributed by atoms with E-state index in [1.54, 1.807) is 5.57 Å². The van der Waals surface area contributed by atoms with Crippen molar-refractivity contribution in [3.8, 4) is 0 Å². The lowest BCUT2D eigenvalue weighted by atomic mass is 9.98. The summed E-state index contributed by atoms with van der Waals surface area (Å²) in [6.07, 6.45) is 22.3. The van der Waals surface area contributed by atoms with Crippen molar-refractivity contribution in [3.63, 3.8) is 0 Å². The van der Waals surface area contributed by atoms with Gasteiger partial charge in [-0.05, 0) is 69.1 Å². The normalized spacial score (nSPS) is 17.3. The minimum absolute atomic E-state index is 0.116. The molecule has 0 aromatic heterocycles. The second-order valence-electron chi connectivity index (χ2n) is 8.97. The monoisotopic (exact) mass is 441 g/mol. The van der Waals surface area contributed by atoms with E-state index in [-0.39, 0.29) is 11.7 Å². The molecular weight excluding hydrogens is 406 g/mol. The van der Waals surface area contributed by atoms with Gasteiger partial charge in [0.25, 0.3) is 0 Å². The maximum atomic E-state index is 12.5. The number of benzene rings is 1. The Labute approximate surface area is 192 Å². The Balaban J connectivity index is 1.24. The summed E-state index contributed by atoms with van der Waals surface area (Å²) in [5, 5.41) is 2.94. The lowest BCUT2D eigenvalue weighted by Gasteiger charge is -2.14. The van der Waals surface area contributed by atoms with Gasteiger partial charge in [0, 0.05) is 17.5 Å². The number of amidine groups is 1. The van der Waals surface area contributed by atoms with E-state index in [4.69, 9.17) is 17.5 Å². The summed E-state index contributed by atoms with van der Waals surface area (Å²) in [6.45, 7) is 0. The minimum atomic E-state index is -0.703. The van der Waals surface area contributed by atoms with E-state index in [9.17, 15) is 4.79 Å². The Morgan fingerprint density at radius 3 is 2.23 bits per heavy atom. The smallest absolute Gasteiger partial charge is 0.238 e. The quantitative estimate of drug-likeness (QED) is 0.199. The Morgan fingerprint density at radius 1 is 1.00 bits per heavy atom. The number of anilines is 1. The molecular formula is C26H36ClN3O. The van der Waals surface area contributed by atoms with Gasteiger partial charge in [-0.2, -0.15) is 4.51 Å². The highest BCUT2D eigenvalue weighted by Crippen LogP contribution is 2.47. The van der Waals surface area contributed by atoms with Crippen molar-refractivity contribution in [2.24, 2.45) is 15.7 Å². The first-order valence-electron chi connectivity index (χ1n) is 11.8. The van der Waals surface area contributed by atoms with Crippen LogP contribution in [0, 0.1) is 5.41 Å². The summed E-state index contributed by atoms with van der Waals surface area (Å²) in [7, 11) is 0. The van der Waals surface area contributed by atoms with Crippen LogP contribution in [-0.4, -0.2) is 11.7 Å². The molecule has 3 rings (SSSR count). The van der Waals surface area contributed by atoms with Crippen LogP contribution >= 0.6 is 11.8 Å². The van der Waals surface area contributed by atoms with Gasteiger partial charge >= 0.3 is 0 Å². The molecule has 0 heterocycles. The van der Waals surface area contributed by atoms with Gasteiger partial charge in [0.05, 0.1) is 0 Å². The number of nitrogens with zero attached hydrogens (tertiary/aromatic N) is 1. The molecule has 31 heavy (non-hydrogen) atoms. The molecule has 0 bridgehead atoms. The Hall–Kier alpha value is -2.07. The number of rotatable bonds is 13. The van der Waals surface area contributed by atoms with E-state index in [1.165, 1.54) is 69.8 Å². The van der Waals surface area contributed by atoms with Crippen molar-refractivity contribution >= 4 is 29.2 Å². The second kappa shape index (κ2) is 12.1. The number of hydrogen-bond donors (Lipinski definition) is 2. The van der Waals surface area contributed by atoms with E-state index in [2.05, 4.69) is 40.2 Å². The molecule has 2 aliphatic rings. The molecule has 0 spiro atoms. The van der Waals surface area contributed by atoms with Gasteiger partial charge in [0.2, 0.25) is 5.91 Å². The first-order chi connectivity index (χ1) is 15.1. The van der Waals surface area contributed by atoms with Gasteiger partial charge in [0.1, 0.15) is 11.3 Å². The van der Waals surface area contributed by atoms with E-state index >= 15 is 0 Å². The maximum absolute atomic E-state index is 12.5. The van der Waals surface area contributed by atoms with Crippen LogP contribution in [0.15, 0.2) is 52.6 Å².